The number of aryl methyl sites for hydroxylation is 3. The molecule has 0 saturated heterocycles. The Kier molecular flexibility index (Phi) is 4.29. The fourth-order valence-corrected chi connectivity index (χ4v) is 2.36. The van der Waals surface area contributed by atoms with Gasteiger partial charge in [-0.2, -0.15) is 0 Å². The number of thioether (sulfide) groups is 1. The van der Waals surface area contributed by atoms with Crippen molar-refractivity contribution < 1.29 is 19.1 Å². The molecule has 0 aliphatic rings. The Morgan fingerprint density at radius 2 is 2.25 bits per heavy atom. The Labute approximate surface area is 120 Å². The summed E-state index contributed by atoms with van der Waals surface area (Å²) in [6, 6.07) is 5.85. The van der Waals surface area contributed by atoms with E-state index in [0.717, 1.165) is 28.6 Å². The van der Waals surface area contributed by atoms with E-state index in [2.05, 4.69) is 15.1 Å². The van der Waals surface area contributed by atoms with E-state index >= 15 is 0 Å². The molecule has 7 heteroatoms. The summed E-state index contributed by atoms with van der Waals surface area (Å²) < 4.78 is 5.80. The Hall–Kier alpha value is -2.02. The molecule has 0 radical (unpaired) electrons. The van der Waals surface area contributed by atoms with E-state index in [1.54, 1.807) is 7.05 Å². The normalized spacial score (nSPS) is 10.6. The van der Waals surface area contributed by atoms with Gasteiger partial charge in [-0.15, -0.1) is 0 Å². The number of nitrogens with zero attached hydrogens (tertiary/aromatic N) is 2. The third-order valence-electron chi connectivity index (χ3n) is 2.72. The molecule has 1 heterocycles. The van der Waals surface area contributed by atoms with Crippen molar-refractivity contribution in [1.29, 1.82) is 0 Å². The number of carbonyl (C=O) groups excluding carboxylic acids is 1. The minimum absolute atomic E-state index is 0.123. The lowest BCUT2D eigenvalue weighted by Crippen LogP contribution is -2.32. The molecule has 1 amide bonds. The number of hydrogen-bond donors (Lipinski definition) is 1. The summed E-state index contributed by atoms with van der Waals surface area (Å²) in [7, 11) is 1.59. The average molecular weight is 293 g/mol. The molecular formula is C13H15N3O3S. The summed E-state index contributed by atoms with van der Waals surface area (Å²) >= 11 is 1.10. The molecule has 1 N–H and O–H groups in total. The highest BCUT2D eigenvalue weighted by Crippen LogP contribution is 2.22. The van der Waals surface area contributed by atoms with Crippen LogP contribution in [0, 0.1) is 13.8 Å². The first-order valence-electron chi connectivity index (χ1n) is 6.00. The number of aromatic nitrogens is 2. The molecular weight excluding hydrogens is 278 g/mol. The van der Waals surface area contributed by atoms with Crippen LogP contribution in [0.4, 0.5) is 5.69 Å². The molecule has 1 aromatic heterocycles. The van der Waals surface area contributed by atoms with Crippen LogP contribution in [0.3, 0.4) is 0 Å². The van der Waals surface area contributed by atoms with Crippen molar-refractivity contribution in [2.75, 3.05) is 11.1 Å². The molecule has 0 unspecified atom stereocenters. The fraction of sp³-hybridized carbons (Fsp3) is 0.308. The maximum atomic E-state index is 11.9. The minimum atomic E-state index is -0.531. The molecule has 1 aromatic carbocycles. The molecule has 0 fully saturated rings. The van der Waals surface area contributed by atoms with Crippen LogP contribution in [0.1, 0.15) is 11.1 Å². The van der Waals surface area contributed by atoms with Crippen LogP contribution in [0.25, 0.3) is 0 Å². The molecule has 0 saturated carbocycles. The number of nitrogens with one attached hydrogen (secondary N) is 1. The maximum Gasteiger partial charge on any atom is 0.291 e. The van der Waals surface area contributed by atoms with Crippen LogP contribution in [0.15, 0.2) is 27.7 Å². The van der Waals surface area contributed by atoms with Crippen LogP contribution in [-0.2, 0) is 11.8 Å². The van der Waals surface area contributed by atoms with Gasteiger partial charge in [-0.25, -0.2) is 0 Å². The van der Waals surface area contributed by atoms with Crippen LogP contribution in [0.5, 0.6) is 5.95 Å². The Balaban J connectivity index is 1.98. The fourth-order valence-electron chi connectivity index (χ4n) is 1.65. The van der Waals surface area contributed by atoms with Gasteiger partial charge in [-0.05, 0) is 42.8 Å². The first kappa shape index (κ1) is 14.4. The number of carbonyl (C=O) groups is 1. The molecule has 106 valence electrons. The maximum absolute atomic E-state index is 11.9. The summed E-state index contributed by atoms with van der Waals surface area (Å²) in [5, 5.41) is 17.9. The van der Waals surface area contributed by atoms with Gasteiger partial charge in [-0.3, -0.25) is 4.79 Å². The van der Waals surface area contributed by atoms with Crippen LogP contribution in [0.2, 0.25) is 0 Å². The summed E-state index contributed by atoms with van der Waals surface area (Å²) in [6.07, 6.45) is 0. The number of benzene rings is 1. The van der Waals surface area contributed by atoms with E-state index in [1.165, 1.54) is 4.68 Å². The van der Waals surface area contributed by atoms with E-state index in [1.807, 2.05) is 32.0 Å². The summed E-state index contributed by atoms with van der Waals surface area (Å²) in [5.41, 5.74) is 2.85. The largest absolute Gasteiger partial charge is 0.538 e. The summed E-state index contributed by atoms with van der Waals surface area (Å²) in [4.78, 5) is 11.9. The van der Waals surface area contributed by atoms with Crippen LogP contribution >= 0.6 is 11.8 Å². The van der Waals surface area contributed by atoms with Crippen molar-refractivity contribution in [3.8, 4) is 5.95 Å². The average Bonchev–Trinajstić information content (AvgIpc) is 2.71. The lowest BCUT2D eigenvalue weighted by atomic mass is 10.1. The molecule has 0 bridgehead atoms. The molecule has 2 rings (SSSR count). The zero-order valence-electron chi connectivity index (χ0n) is 11.5. The van der Waals surface area contributed by atoms with Crippen molar-refractivity contribution in [2.24, 2.45) is 7.05 Å². The molecule has 6 nitrogen and oxygen atoms in total. The molecule has 0 aliphatic carbocycles. The molecule has 20 heavy (non-hydrogen) atoms. The number of anilines is 1. The predicted molar refractivity (Wildman–Crippen MR) is 72.4 cm³/mol. The summed E-state index contributed by atoms with van der Waals surface area (Å²) in [5.74, 6) is -0.584. The van der Waals surface area contributed by atoms with Crippen LogP contribution in [-0.4, -0.2) is 16.9 Å². The van der Waals surface area contributed by atoms with Gasteiger partial charge < -0.3 is 14.9 Å². The predicted octanol–water partition coefficient (Wildman–Crippen LogP) is 0.920. The topological polar surface area (TPSA) is 82.1 Å². The van der Waals surface area contributed by atoms with Crippen molar-refractivity contribution in [3.05, 3.63) is 29.3 Å². The van der Waals surface area contributed by atoms with Gasteiger partial charge in [0.25, 0.3) is 5.03 Å². The second kappa shape index (κ2) is 5.96. The highest BCUT2D eigenvalue weighted by Gasteiger charge is 2.16. The van der Waals surface area contributed by atoms with E-state index in [-0.39, 0.29) is 11.7 Å². The molecule has 0 atom stereocenters. The van der Waals surface area contributed by atoms with Gasteiger partial charge in [0, 0.05) is 5.69 Å². The third-order valence-corrected chi connectivity index (χ3v) is 3.83. The number of amides is 1. The van der Waals surface area contributed by atoms with E-state index < -0.39 is 5.95 Å². The SMILES string of the molecule is Cc1ccc(C)c(NC(=O)CSc2c([O-])on[n+]2C)c1. The smallest absolute Gasteiger partial charge is 0.291 e. The van der Waals surface area contributed by atoms with Crippen molar-refractivity contribution in [3.63, 3.8) is 0 Å². The van der Waals surface area contributed by atoms with Crippen LogP contribution < -0.4 is 15.1 Å². The second-order valence-corrected chi connectivity index (χ2v) is 5.41. The molecule has 0 aliphatic heterocycles. The Morgan fingerprint density at radius 1 is 1.50 bits per heavy atom. The monoisotopic (exact) mass is 293 g/mol. The Morgan fingerprint density at radius 3 is 2.90 bits per heavy atom. The quantitative estimate of drug-likeness (QED) is 0.669. The van der Waals surface area contributed by atoms with Gasteiger partial charge in [-0.1, -0.05) is 16.8 Å². The Bertz CT molecular complexity index is 620. The third kappa shape index (κ3) is 3.30. The van der Waals surface area contributed by atoms with Gasteiger partial charge >= 0.3 is 0 Å². The number of rotatable bonds is 4. The van der Waals surface area contributed by atoms with E-state index in [0.29, 0.717) is 5.03 Å². The lowest BCUT2D eigenvalue weighted by molar-refractivity contribution is -0.772. The first-order valence-corrected chi connectivity index (χ1v) is 6.99. The minimum Gasteiger partial charge on any atom is -0.538 e. The van der Waals surface area contributed by atoms with Gasteiger partial charge in [0.1, 0.15) is 0 Å². The van der Waals surface area contributed by atoms with Gasteiger partial charge in [0.15, 0.2) is 13.0 Å². The zero-order valence-corrected chi connectivity index (χ0v) is 12.3. The highest BCUT2D eigenvalue weighted by atomic mass is 32.2. The lowest BCUT2D eigenvalue weighted by Gasteiger charge is -2.08. The van der Waals surface area contributed by atoms with Gasteiger partial charge in [0.2, 0.25) is 5.91 Å². The highest BCUT2D eigenvalue weighted by molar-refractivity contribution is 7.99. The zero-order chi connectivity index (χ0) is 14.7. The summed E-state index contributed by atoms with van der Waals surface area (Å²) in [6.45, 7) is 3.89. The van der Waals surface area contributed by atoms with Crippen molar-refractivity contribution >= 4 is 23.4 Å². The van der Waals surface area contributed by atoms with E-state index in [4.69, 9.17) is 0 Å². The number of hydrogen-bond acceptors (Lipinski definition) is 5. The first-order chi connectivity index (χ1) is 9.47. The standard InChI is InChI=1S/C13H15N3O3S/c1-8-4-5-9(2)10(6-8)14-11(17)7-20-12-13(18)19-15-16(12)3/h4-6H,7H2,1-3H3,(H-,14,15,17,18). The molecule has 2 aromatic rings. The molecule has 0 spiro atoms. The second-order valence-electron chi connectivity index (χ2n) is 4.44. The van der Waals surface area contributed by atoms with Crippen molar-refractivity contribution in [1.82, 2.24) is 5.27 Å². The van der Waals surface area contributed by atoms with Crippen molar-refractivity contribution in [2.45, 2.75) is 18.9 Å². The van der Waals surface area contributed by atoms with E-state index in [9.17, 15) is 9.90 Å². The van der Waals surface area contributed by atoms with Gasteiger partial charge in [0.05, 0.1) is 11.0 Å².